The summed E-state index contributed by atoms with van der Waals surface area (Å²) in [5.41, 5.74) is 3.66. The number of carbonyl (C=O) groups excluding carboxylic acids is 4. The molecule has 180 valence electrons. The van der Waals surface area contributed by atoms with Gasteiger partial charge in [-0.05, 0) is 56.7 Å². The van der Waals surface area contributed by atoms with Gasteiger partial charge in [-0.3, -0.25) is 19.3 Å². The number of imide groups is 1. The van der Waals surface area contributed by atoms with Gasteiger partial charge in [0, 0.05) is 23.5 Å². The van der Waals surface area contributed by atoms with Crippen LogP contribution in [-0.2, 0) is 17.8 Å². The number of methoxy groups -OCH3 is 1. The highest BCUT2D eigenvalue weighted by molar-refractivity contribution is 6.21. The van der Waals surface area contributed by atoms with Gasteiger partial charge in [0.2, 0.25) is 5.78 Å². The van der Waals surface area contributed by atoms with E-state index in [1.165, 1.54) is 13.2 Å². The molecule has 0 N–H and O–H groups in total. The fraction of sp³-hybridized carbons (Fsp3) is 0.259. The lowest BCUT2D eigenvalue weighted by molar-refractivity contribution is 0.0471. The van der Waals surface area contributed by atoms with E-state index in [-0.39, 0.29) is 35.5 Å². The van der Waals surface area contributed by atoms with E-state index in [9.17, 15) is 19.2 Å². The minimum Gasteiger partial charge on any atom is -0.496 e. The van der Waals surface area contributed by atoms with E-state index in [2.05, 4.69) is 0 Å². The molecule has 0 fully saturated rings. The van der Waals surface area contributed by atoms with Crippen molar-refractivity contribution in [2.24, 2.45) is 0 Å². The van der Waals surface area contributed by atoms with Crippen molar-refractivity contribution in [1.82, 2.24) is 9.47 Å². The fourth-order valence-corrected chi connectivity index (χ4v) is 4.43. The van der Waals surface area contributed by atoms with E-state index in [1.807, 2.05) is 25.3 Å². The Kier molecular flexibility index (Phi) is 6.55. The Bertz CT molecular complexity index is 1320. The predicted molar refractivity (Wildman–Crippen MR) is 128 cm³/mol. The SMILES string of the molecule is CCn1c(C)cc(C(=O)COC(=O)c2cc(CN3C(=O)c4ccccc4C3=O)ccc2OC)c1C. The number of esters is 1. The zero-order valence-corrected chi connectivity index (χ0v) is 20.1. The number of aryl methyl sites for hydroxylation is 1. The Balaban J connectivity index is 1.50. The summed E-state index contributed by atoms with van der Waals surface area (Å²) in [4.78, 5) is 52.1. The molecule has 0 saturated carbocycles. The molecule has 3 aromatic rings. The van der Waals surface area contributed by atoms with Gasteiger partial charge in [-0.15, -0.1) is 0 Å². The van der Waals surface area contributed by atoms with Crippen LogP contribution in [0.3, 0.4) is 0 Å². The molecule has 0 saturated heterocycles. The average Bonchev–Trinajstić information content (AvgIpc) is 3.29. The molecule has 4 rings (SSSR count). The van der Waals surface area contributed by atoms with Crippen molar-refractivity contribution in [2.75, 3.05) is 13.7 Å². The first kappa shape index (κ1) is 23.9. The van der Waals surface area contributed by atoms with E-state index in [4.69, 9.17) is 9.47 Å². The topological polar surface area (TPSA) is 94.9 Å². The summed E-state index contributed by atoms with van der Waals surface area (Å²) in [5.74, 6) is -1.55. The Hall–Kier alpha value is -4.20. The van der Waals surface area contributed by atoms with Crippen LogP contribution in [0.15, 0.2) is 48.5 Å². The number of amides is 2. The minimum absolute atomic E-state index is 0.0153. The van der Waals surface area contributed by atoms with Crippen molar-refractivity contribution in [3.05, 3.63) is 87.7 Å². The molecule has 0 bridgehead atoms. The Morgan fingerprint density at radius 1 is 0.914 bits per heavy atom. The summed E-state index contributed by atoms with van der Waals surface area (Å²) < 4.78 is 12.6. The van der Waals surface area contributed by atoms with Gasteiger partial charge in [0.15, 0.2) is 6.61 Å². The number of benzene rings is 2. The number of fused-ring (bicyclic) bond motifs is 1. The van der Waals surface area contributed by atoms with Crippen molar-refractivity contribution < 1.29 is 28.7 Å². The van der Waals surface area contributed by atoms with Gasteiger partial charge >= 0.3 is 5.97 Å². The van der Waals surface area contributed by atoms with Gasteiger partial charge < -0.3 is 14.0 Å². The lowest BCUT2D eigenvalue weighted by Crippen LogP contribution is -2.29. The zero-order valence-electron chi connectivity index (χ0n) is 20.1. The summed E-state index contributed by atoms with van der Waals surface area (Å²) in [5, 5.41) is 0. The van der Waals surface area contributed by atoms with Crippen LogP contribution in [0.2, 0.25) is 0 Å². The number of nitrogens with zero attached hydrogens (tertiary/aromatic N) is 2. The lowest BCUT2D eigenvalue weighted by atomic mass is 10.1. The third-order valence-corrected chi connectivity index (χ3v) is 6.23. The molecule has 1 aliphatic heterocycles. The van der Waals surface area contributed by atoms with Crippen LogP contribution in [-0.4, -0.2) is 46.8 Å². The first-order chi connectivity index (χ1) is 16.8. The number of carbonyl (C=O) groups is 4. The maximum Gasteiger partial charge on any atom is 0.342 e. The number of hydrogen-bond donors (Lipinski definition) is 0. The summed E-state index contributed by atoms with van der Waals surface area (Å²) in [6, 6.07) is 13.2. The largest absolute Gasteiger partial charge is 0.496 e. The van der Waals surface area contributed by atoms with Crippen molar-refractivity contribution in [2.45, 2.75) is 33.9 Å². The molecule has 1 aromatic heterocycles. The first-order valence-corrected chi connectivity index (χ1v) is 11.3. The van der Waals surface area contributed by atoms with E-state index < -0.39 is 12.6 Å². The first-order valence-electron chi connectivity index (χ1n) is 11.3. The quantitative estimate of drug-likeness (QED) is 0.279. The van der Waals surface area contributed by atoms with Gasteiger partial charge in [0.05, 0.1) is 24.8 Å². The molecular weight excluding hydrogens is 448 g/mol. The van der Waals surface area contributed by atoms with Crippen molar-refractivity contribution in [3.63, 3.8) is 0 Å². The highest BCUT2D eigenvalue weighted by atomic mass is 16.5. The Morgan fingerprint density at radius 2 is 1.57 bits per heavy atom. The van der Waals surface area contributed by atoms with Crippen LogP contribution in [0.4, 0.5) is 0 Å². The van der Waals surface area contributed by atoms with Gasteiger partial charge in [0.25, 0.3) is 11.8 Å². The number of hydrogen-bond acceptors (Lipinski definition) is 6. The van der Waals surface area contributed by atoms with Crippen LogP contribution in [0.5, 0.6) is 5.75 Å². The second kappa shape index (κ2) is 9.58. The minimum atomic E-state index is -0.733. The zero-order chi connectivity index (χ0) is 25.3. The van der Waals surface area contributed by atoms with Crippen LogP contribution >= 0.6 is 0 Å². The molecular formula is C27H26N2O6. The lowest BCUT2D eigenvalue weighted by Gasteiger charge is -2.16. The van der Waals surface area contributed by atoms with Crippen LogP contribution in [0, 0.1) is 13.8 Å². The van der Waals surface area contributed by atoms with Gasteiger partial charge in [-0.2, -0.15) is 0 Å². The van der Waals surface area contributed by atoms with Crippen LogP contribution < -0.4 is 4.74 Å². The number of ether oxygens (including phenoxy) is 2. The van der Waals surface area contributed by atoms with Crippen molar-refractivity contribution in [1.29, 1.82) is 0 Å². The highest BCUT2D eigenvalue weighted by Gasteiger charge is 2.35. The molecule has 0 radical (unpaired) electrons. The molecule has 8 heteroatoms. The van der Waals surface area contributed by atoms with Crippen LogP contribution in [0.1, 0.15) is 65.3 Å². The number of aromatic nitrogens is 1. The summed E-state index contributed by atoms with van der Waals surface area (Å²) >= 11 is 0. The molecule has 1 aliphatic rings. The molecule has 8 nitrogen and oxygen atoms in total. The molecule has 0 atom stereocenters. The van der Waals surface area contributed by atoms with E-state index in [1.54, 1.807) is 42.5 Å². The highest BCUT2D eigenvalue weighted by Crippen LogP contribution is 2.27. The van der Waals surface area contributed by atoms with Gasteiger partial charge in [0.1, 0.15) is 11.3 Å². The normalized spacial score (nSPS) is 12.6. The second-order valence-electron chi connectivity index (χ2n) is 8.31. The van der Waals surface area contributed by atoms with Gasteiger partial charge in [-0.25, -0.2) is 4.79 Å². The number of rotatable bonds is 8. The van der Waals surface area contributed by atoms with E-state index in [0.29, 0.717) is 22.3 Å². The average molecular weight is 475 g/mol. The monoisotopic (exact) mass is 474 g/mol. The van der Waals surface area contributed by atoms with Crippen molar-refractivity contribution in [3.8, 4) is 5.75 Å². The fourth-order valence-electron chi connectivity index (χ4n) is 4.43. The Labute approximate surface area is 203 Å². The summed E-state index contributed by atoms with van der Waals surface area (Å²) in [6.07, 6.45) is 0. The maximum atomic E-state index is 12.9. The molecule has 0 aliphatic carbocycles. The molecule has 2 aromatic carbocycles. The second-order valence-corrected chi connectivity index (χ2v) is 8.31. The standard InChI is InChI=1S/C27H26N2O6/c1-5-28-16(2)12-21(17(28)3)23(30)15-35-27(33)22-13-18(10-11-24(22)34-4)14-29-25(31)19-8-6-7-9-20(19)26(29)32/h6-13H,5,14-15H2,1-4H3. The maximum absolute atomic E-state index is 12.9. The predicted octanol–water partition coefficient (Wildman–Crippen LogP) is 3.97. The van der Waals surface area contributed by atoms with E-state index in [0.717, 1.165) is 22.8 Å². The third-order valence-electron chi connectivity index (χ3n) is 6.23. The number of ketones is 1. The third kappa shape index (κ3) is 4.35. The molecule has 2 amide bonds. The summed E-state index contributed by atoms with van der Waals surface area (Å²) in [7, 11) is 1.42. The van der Waals surface area contributed by atoms with Crippen LogP contribution in [0.25, 0.3) is 0 Å². The molecule has 2 heterocycles. The molecule has 0 spiro atoms. The van der Waals surface area contributed by atoms with E-state index >= 15 is 0 Å². The van der Waals surface area contributed by atoms with Gasteiger partial charge in [-0.1, -0.05) is 18.2 Å². The summed E-state index contributed by atoms with van der Waals surface area (Å²) in [6.45, 7) is 6.08. The molecule has 35 heavy (non-hydrogen) atoms. The smallest absolute Gasteiger partial charge is 0.342 e. The Morgan fingerprint density at radius 3 is 2.14 bits per heavy atom. The van der Waals surface area contributed by atoms with Crippen molar-refractivity contribution >= 4 is 23.6 Å². The number of Topliss-reactive ketones (excluding diaryl/α,β-unsaturated/α-hetero) is 1. The molecule has 0 unspecified atom stereocenters.